The lowest BCUT2D eigenvalue weighted by Gasteiger charge is -2.23. The maximum Gasteiger partial charge on any atom is 0.312 e. The van der Waals surface area contributed by atoms with Crippen molar-refractivity contribution < 1.29 is 19.1 Å². The molecule has 0 heterocycles. The number of hydrogen-bond donors (Lipinski definition) is 3. The third-order valence-electron chi connectivity index (χ3n) is 3.74. The van der Waals surface area contributed by atoms with Crippen molar-refractivity contribution in [1.29, 1.82) is 0 Å². The summed E-state index contributed by atoms with van der Waals surface area (Å²) in [5.74, 6) is -0.773. The molecule has 0 aliphatic heterocycles. The van der Waals surface area contributed by atoms with E-state index in [-0.39, 0.29) is 18.4 Å². The van der Waals surface area contributed by atoms with Crippen LogP contribution in [0.1, 0.15) is 58.1 Å². The first kappa shape index (κ1) is 21.5. The van der Waals surface area contributed by atoms with Crippen molar-refractivity contribution in [3.63, 3.8) is 0 Å². The van der Waals surface area contributed by atoms with Crippen molar-refractivity contribution in [2.75, 3.05) is 0 Å². The fourth-order valence-corrected chi connectivity index (χ4v) is 2.54. The number of benzene rings is 1. The van der Waals surface area contributed by atoms with Crippen LogP contribution < -0.4 is 16.4 Å². The van der Waals surface area contributed by atoms with Gasteiger partial charge in [0.1, 0.15) is 6.04 Å². The number of esters is 1. The molecule has 4 N–H and O–H groups in total. The molecule has 0 saturated heterocycles. The molecule has 0 saturated carbocycles. The Morgan fingerprint density at radius 2 is 1.77 bits per heavy atom. The van der Waals surface area contributed by atoms with Gasteiger partial charge in [0.15, 0.2) is 0 Å². The number of nitrogens with one attached hydrogen (secondary N) is 2. The largest absolute Gasteiger partial charge is 0.463 e. The van der Waals surface area contributed by atoms with Crippen LogP contribution in [0.25, 0.3) is 0 Å². The summed E-state index contributed by atoms with van der Waals surface area (Å²) in [5, 5.41) is 5.31. The average Bonchev–Trinajstić information content (AvgIpc) is 2.57. The standard InChI is InChI=1S/C19H29N3O4/c1-4-5-11-15(22-19(20)25)18(24)21-16(12-17(23)26-13(2)3)14-9-7-6-8-10-14/h6-10,13,15-16H,4-5,11-12H2,1-3H3,(H,21,24)(H3,20,22,25). The molecule has 0 aliphatic carbocycles. The van der Waals surface area contributed by atoms with Gasteiger partial charge in [-0.2, -0.15) is 0 Å². The van der Waals surface area contributed by atoms with E-state index in [1.165, 1.54) is 0 Å². The van der Waals surface area contributed by atoms with Crippen LogP contribution >= 0.6 is 0 Å². The zero-order valence-corrected chi connectivity index (χ0v) is 15.7. The molecule has 1 rings (SSSR count). The van der Waals surface area contributed by atoms with E-state index in [0.717, 1.165) is 18.4 Å². The second-order valence-corrected chi connectivity index (χ2v) is 6.42. The topological polar surface area (TPSA) is 111 Å². The maximum atomic E-state index is 12.6. The summed E-state index contributed by atoms with van der Waals surface area (Å²) in [4.78, 5) is 35.9. The maximum absolute atomic E-state index is 12.6. The molecule has 0 spiro atoms. The third-order valence-corrected chi connectivity index (χ3v) is 3.74. The van der Waals surface area contributed by atoms with Gasteiger partial charge < -0.3 is 21.1 Å². The highest BCUT2D eigenvalue weighted by Gasteiger charge is 2.25. The van der Waals surface area contributed by atoms with Gasteiger partial charge in [0.25, 0.3) is 0 Å². The highest BCUT2D eigenvalue weighted by atomic mass is 16.5. The fourth-order valence-electron chi connectivity index (χ4n) is 2.54. The van der Waals surface area contributed by atoms with E-state index in [0.29, 0.717) is 6.42 Å². The summed E-state index contributed by atoms with van der Waals surface area (Å²) in [7, 11) is 0. The lowest BCUT2D eigenvalue weighted by Crippen LogP contribution is -2.49. The summed E-state index contributed by atoms with van der Waals surface area (Å²) in [6.45, 7) is 5.53. The number of ether oxygens (including phenoxy) is 1. The molecule has 0 radical (unpaired) electrons. The molecule has 0 fully saturated rings. The highest BCUT2D eigenvalue weighted by Crippen LogP contribution is 2.18. The lowest BCUT2D eigenvalue weighted by molar-refractivity contribution is -0.148. The number of amides is 3. The molecule has 1 aromatic rings. The van der Waals surface area contributed by atoms with E-state index < -0.39 is 24.1 Å². The number of nitrogens with two attached hydrogens (primary N) is 1. The Hall–Kier alpha value is -2.57. The van der Waals surface area contributed by atoms with E-state index in [9.17, 15) is 14.4 Å². The Morgan fingerprint density at radius 3 is 2.31 bits per heavy atom. The minimum absolute atomic E-state index is 0.00496. The molecule has 7 heteroatoms. The van der Waals surface area contributed by atoms with Crippen molar-refractivity contribution in [2.45, 2.75) is 64.6 Å². The predicted molar refractivity (Wildman–Crippen MR) is 99.2 cm³/mol. The van der Waals surface area contributed by atoms with Crippen LogP contribution in [0.5, 0.6) is 0 Å². The van der Waals surface area contributed by atoms with Gasteiger partial charge in [-0.3, -0.25) is 9.59 Å². The van der Waals surface area contributed by atoms with Crippen LogP contribution in [-0.2, 0) is 14.3 Å². The molecule has 7 nitrogen and oxygen atoms in total. The Kier molecular flexibility index (Phi) is 9.19. The SMILES string of the molecule is CCCCC(NC(N)=O)C(=O)NC(CC(=O)OC(C)C)c1ccccc1. The normalized spacial score (nSPS) is 12.9. The molecule has 0 bridgehead atoms. The van der Waals surface area contributed by atoms with E-state index in [1.807, 2.05) is 37.3 Å². The summed E-state index contributed by atoms with van der Waals surface area (Å²) < 4.78 is 5.19. The molecule has 3 amide bonds. The van der Waals surface area contributed by atoms with E-state index in [2.05, 4.69) is 10.6 Å². The minimum Gasteiger partial charge on any atom is -0.463 e. The average molecular weight is 363 g/mol. The number of unbranched alkanes of at least 4 members (excludes halogenated alkanes) is 1. The van der Waals surface area contributed by atoms with Gasteiger partial charge in [-0.1, -0.05) is 50.1 Å². The van der Waals surface area contributed by atoms with Crippen LogP contribution in [0.4, 0.5) is 4.79 Å². The second-order valence-electron chi connectivity index (χ2n) is 6.42. The summed E-state index contributed by atoms with van der Waals surface area (Å²) in [6.07, 6.45) is 1.90. The first-order chi connectivity index (χ1) is 12.3. The third kappa shape index (κ3) is 8.00. The summed E-state index contributed by atoms with van der Waals surface area (Å²) in [5.41, 5.74) is 5.96. The predicted octanol–water partition coefficient (Wildman–Crippen LogP) is 2.41. The summed E-state index contributed by atoms with van der Waals surface area (Å²) in [6, 6.07) is 7.14. The van der Waals surface area contributed by atoms with Crippen LogP contribution in [-0.4, -0.2) is 30.1 Å². The first-order valence-electron chi connectivity index (χ1n) is 8.94. The van der Waals surface area contributed by atoms with Crippen molar-refractivity contribution in [3.8, 4) is 0 Å². The van der Waals surface area contributed by atoms with E-state index in [4.69, 9.17) is 10.5 Å². The van der Waals surface area contributed by atoms with E-state index >= 15 is 0 Å². The van der Waals surface area contributed by atoms with Crippen molar-refractivity contribution in [1.82, 2.24) is 10.6 Å². The van der Waals surface area contributed by atoms with Gasteiger partial charge in [-0.15, -0.1) is 0 Å². The molecule has 0 aromatic heterocycles. The number of carbonyl (C=O) groups is 3. The van der Waals surface area contributed by atoms with Crippen LogP contribution in [0.3, 0.4) is 0 Å². The molecular weight excluding hydrogens is 334 g/mol. The Bertz CT molecular complexity index is 590. The molecule has 1 aromatic carbocycles. The first-order valence-corrected chi connectivity index (χ1v) is 8.94. The Morgan fingerprint density at radius 1 is 1.12 bits per heavy atom. The van der Waals surface area contributed by atoms with Gasteiger partial charge >= 0.3 is 12.0 Å². The van der Waals surface area contributed by atoms with Gasteiger partial charge in [0.05, 0.1) is 18.6 Å². The minimum atomic E-state index is -0.753. The highest BCUT2D eigenvalue weighted by molar-refractivity contribution is 5.87. The molecule has 144 valence electrons. The monoisotopic (exact) mass is 363 g/mol. The van der Waals surface area contributed by atoms with Gasteiger partial charge in [0.2, 0.25) is 5.91 Å². The van der Waals surface area contributed by atoms with Crippen LogP contribution in [0.2, 0.25) is 0 Å². The van der Waals surface area contributed by atoms with Crippen LogP contribution in [0, 0.1) is 0 Å². The van der Waals surface area contributed by atoms with Crippen molar-refractivity contribution >= 4 is 17.9 Å². The quantitative estimate of drug-likeness (QED) is 0.554. The van der Waals surface area contributed by atoms with Crippen LogP contribution in [0.15, 0.2) is 30.3 Å². The van der Waals surface area contributed by atoms with Gasteiger partial charge in [0, 0.05) is 0 Å². The Balaban J connectivity index is 2.89. The zero-order valence-electron chi connectivity index (χ0n) is 15.7. The number of hydrogen-bond acceptors (Lipinski definition) is 4. The molecule has 26 heavy (non-hydrogen) atoms. The van der Waals surface area contributed by atoms with Crippen molar-refractivity contribution in [3.05, 3.63) is 35.9 Å². The Labute approximate surface area is 154 Å². The molecule has 2 atom stereocenters. The lowest BCUT2D eigenvalue weighted by atomic mass is 10.0. The zero-order chi connectivity index (χ0) is 19.5. The number of carbonyl (C=O) groups excluding carboxylic acids is 3. The van der Waals surface area contributed by atoms with Gasteiger partial charge in [-0.05, 0) is 25.8 Å². The van der Waals surface area contributed by atoms with E-state index in [1.54, 1.807) is 13.8 Å². The van der Waals surface area contributed by atoms with Gasteiger partial charge in [-0.25, -0.2) is 4.79 Å². The number of urea groups is 1. The summed E-state index contributed by atoms with van der Waals surface area (Å²) >= 11 is 0. The number of rotatable bonds is 10. The van der Waals surface area contributed by atoms with Crippen molar-refractivity contribution in [2.24, 2.45) is 5.73 Å². The molecule has 0 aliphatic rings. The fraction of sp³-hybridized carbons (Fsp3) is 0.526. The second kappa shape index (κ2) is 11.1. The molecular formula is C19H29N3O4. The number of primary amides is 1. The smallest absolute Gasteiger partial charge is 0.312 e. The molecule has 2 unspecified atom stereocenters.